The number of hydrogen-bond donors (Lipinski definition) is 0. The van der Waals surface area contributed by atoms with E-state index in [-0.39, 0.29) is 22.9 Å². The number of nitrogens with zero attached hydrogens (tertiary/aromatic N) is 5. The molecule has 2 aliphatic heterocycles. The molecule has 1 fully saturated rings. The fourth-order valence-electron chi connectivity index (χ4n) is 4.90. The Labute approximate surface area is 205 Å². The molecule has 3 aromatic heterocycles. The zero-order chi connectivity index (χ0) is 24.8. The van der Waals surface area contributed by atoms with Crippen molar-refractivity contribution in [1.82, 2.24) is 19.5 Å². The summed E-state index contributed by atoms with van der Waals surface area (Å²) in [5, 5.41) is 0.368. The number of hydrogen-bond acceptors (Lipinski definition) is 7. The summed E-state index contributed by atoms with van der Waals surface area (Å²) in [5.74, 6) is 0.859. The van der Waals surface area contributed by atoms with Crippen molar-refractivity contribution in [3.8, 4) is 22.9 Å². The average molecular weight is 491 g/mol. The molecule has 0 N–H and O–H groups in total. The first-order chi connectivity index (χ1) is 17.5. The van der Waals surface area contributed by atoms with Crippen LogP contribution in [0.25, 0.3) is 22.2 Å². The summed E-state index contributed by atoms with van der Waals surface area (Å²) in [6.45, 7) is 1.76. The molecule has 1 atom stereocenters. The van der Waals surface area contributed by atoms with Crippen molar-refractivity contribution in [1.29, 1.82) is 0 Å². The van der Waals surface area contributed by atoms with Crippen molar-refractivity contribution >= 4 is 16.7 Å². The van der Waals surface area contributed by atoms with Gasteiger partial charge in [0.05, 0.1) is 19.0 Å². The van der Waals surface area contributed by atoms with Crippen molar-refractivity contribution in [2.45, 2.75) is 31.9 Å². The van der Waals surface area contributed by atoms with Crippen LogP contribution in [-0.4, -0.2) is 45.8 Å². The lowest BCUT2D eigenvalue weighted by molar-refractivity contribution is 0.223. The van der Waals surface area contributed by atoms with E-state index in [0.717, 1.165) is 18.9 Å². The van der Waals surface area contributed by atoms with Crippen LogP contribution in [0.1, 0.15) is 18.7 Å². The van der Waals surface area contributed by atoms with Crippen LogP contribution in [0.5, 0.6) is 11.6 Å². The lowest BCUT2D eigenvalue weighted by Gasteiger charge is -2.20. The number of rotatable bonds is 5. The Morgan fingerprint density at radius 3 is 2.81 bits per heavy atom. The summed E-state index contributed by atoms with van der Waals surface area (Å²) in [4.78, 5) is 28.9. The van der Waals surface area contributed by atoms with Gasteiger partial charge in [0.1, 0.15) is 46.3 Å². The smallest absolute Gasteiger partial charge is 0.261 e. The number of halogens is 2. The molecule has 6 rings (SSSR count). The standard InChI is InChI=1S/C26H23F2N5O3/c1-35-23-12-16(6-8-29-23)36-17-7-10-32(14-17)22-13-19-25(30-21-3-2-9-33(21)26(19)34)24(31-22)18-5-4-15(27)11-20(18)28/h4-6,8,11-13,17H,2-3,7,9-10,14H2,1H3/t17-/m1/s1. The fourth-order valence-corrected chi connectivity index (χ4v) is 4.90. The number of fused-ring (bicyclic) bond motifs is 2. The molecule has 8 nitrogen and oxygen atoms in total. The molecule has 5 heterocycles. The largest absolute Gasteiger partial charge is 0.488 e. The normalized spacial score (nSPS) is 17.0. The topological polar surface area (TPSA) is 82.4 Å². The van der Waals surface area contributed by atoms with E-state index in [1.807, 2.05) is 4.90 Å². The van der Waals surface area contributed by atoms with Gasteiger partial charge in [0.25, 0.3) is 5.56 Å². The van der Waals surface area contributed by atoms with Gasteiger partial charge < -0.3 is 14.4 Å². The first-order valence-corrected chi connectivity index (χ1v) is 11.8. The van der Waals surface area contributed by atoms with E-state index in [0.29, 0.717) is 60.2 Å². The van der Waals surface area contributed by atoms with Gasteiger partial charge in [0, 0.05) is 49.8 Å². The first-order valence-electron chi connectivity index (χ1n) is 11.8. The Kier molecular flexibility index (Phi) is 5.50. The van der Waals surface area contributed by atoms with Gasteiger partial charge in [-0.05, 0) is 30.7 Å². The molecule has 1 aromatic carbocycles. The molecule has 0 unspecified atom stereocenters. The number of benzene rings is 1. The minimum Gasteiger partial charge on any atom is -0.488 e. The van der Waals surface area contributed by atoms with Gasteiger partial charge in [0.15, 0.2) is 0 Å². The highest BCUT2D eigenvalue weighted by molar-refractivity contribution is 5.93. The molecule has 1 saturated heterocycles. The molecule has 10 heteroatoms. The van der Waals surface area contributed by atoms with E-state index in [1.165, 1.54) is 12.1 Å². The number of aromatic nitrogens is 4. The summed E-state index contributed by atoms with van der Waals surface area (Å²) in [6.07, 6.45) is 3.72. The van der Waals surface area contributed by atoms with Crippen LogP contribution in [0.15, 0.2) is 47.4 Å². The Bertz CT molecular complexity index is 1540. The summed E-state index contributed by atoms with van der Waals surface area (Å²) in [5.41, 5.74) is 0.499. The number of pyridine rings is 2. The third kappa shape index (κ3) is 3.92. The van der Waals surface area contributed by atoms with E-state index in [4.69, 9.17) is 19.4 Å². The maximum absolute atomic E-state index is 14.9. The molecule has 4 aromatic rings. The van der Waals surface area contributed by atoms with Gasteiger partial charge in [-0.25, -0.2) is 23.7 Å². The van der Waals surface area contributed by atoms with E-state index < -0.39 is 11.6 Å². The van der Waals surface area contributed by atoms with Crippen molar-refractivity contribution < 1.29 is 18.3 Å². The maximum Gasteiger partial charge on any atom is 0.261 e. The van der Waals surface area contributed by atoms with Crippen LogP contribution in [0.2, 0.25) is 0 Å². The van der Waals surface area contributed by atoms with E-state index >= 15 is 0 Å². The summed E-state index contributed by atoms with van der Waals surface area (Å²) in [7, 11) is 1.54. The van der Waals surface area contributed by atoms with E-state index in [9.17, 15) is 13.6 Å². The molecule has 0 aliphatic carbocycles. The minimum atomic E-state index is -0.752. The van der Waals surface area contributed by atoms with Crippen molar-refractivity contribution in [2.75, 3.05) is 25.1 Å². The second-order valence-electron chi connectivity index (χ2n) is 8.95. The summed E-state index contributed by atoms with van der Waals surface area (Å²) < 4.78 is 41.5. The fraction of sp³-hybridized carbons (Fsp3) is 0.308. The van der Waals surface area contributed by atoms with Crippen molar-refractivity contribution in [3.63, 3.8) is 0 Å². The van der Waals surface area contributed by atoms with Gasteiger partial charge in [-0.15, -0.1) is 0 Å². The molecular weight excluding hydrogens is 468 g/mol. The second kappa shape index (κ2) is 8.85. The molecule has 2 aliphatic rings. The van der Waals surface area contributed by atoms with E-state index in [2.05, 4.69) is 4.98 Å². The van der Waals surface area contributed by atoms with Gasteiger partial charge in [-0.3, -0.25) is 9.36 Å². The van der Waals surface area contributed by atoms with Crippen molar-refractivity contribution in [2.24, 2.45) is 0 Å². The van der Waals surface area contributed by atoms with Gasteiger partial charge in [-0.2, -0.15) is 0 Å². The number of anilines is 1. The SMILES string of the molecule is COc1cc(O[C@@H]2CCN(c3cc4c(=O)n5c(nc4c(-c4ccc(F)cc4F)n3)CCC5)C2)ccn1. The molecule has 0 radical (unpaired) electrons. The first kappa shape index (κ1) is 22.4. The molecule has 36 heavy (non-hydrogen) atoms. The predicted molar refractivity (Wildman–Crippen MR) is 130 cm³/mol. The molecule has 184 valence electrons. The van der Waals surface area contributed by atoms with Gasteiger partial charge >= 0.3 is 0 Å². The Morgan fingerprint density at radius 2 is 1.97 bits per heavy atom. The van der Waals surface area contributed by atoms with Crippen LogP contribution in [0.4, 0.5) is 14.6 Å². The minimum absolute atomic E-state index is 0.106. The van der Waals surface area contributed by atoms with Crippen LogP contribution in [0, 0.1) is 11.6 Å². The zero-order valence-corrected chi connectivity index (χ0v) is 19.6. The lowest BCUT2D eigenvalue weighted by atomic mass is 10.1. The molecule has 0 spiro atoms. The Balaban J connectivity index is 1.40. The third-order valence-corrected chi connectivity index (χ3v) is 6.66. The number of methoxy groups -OCH3 is 1. The second-order valence-corrected chi connectivity index (χ2v) is 8.95. The molecule has 0 amide bonds. The maximum atomic E-state index is 14.9. The van der Waals surface area contributed by atoms with Crippen LogP contribution in [-0.2, 0) is 13.0 Å². The number of ether oxygens (including phenoxy) is 2. The molecule has 0 bridgehead atoms. The van der Waals surface area contributed by atoms with Crippen LogP contribution >= 0.6 is 0 Å². The third-order valence-electron chi connectivity index (χ3n) is 6.66. The summed E-state index contributed by atoms with van der Waals surface area (Å²) >= 11 is 0. The monoisotopic (exact) mass is 491 g/mol. The highest BCUT2D eigenvalue weighted by Gasteiger charge is 2.28. The van der Waals surface area contributed by atoms with E-state index in [1.54, 1.807) is 36.1 Å². The lowest BCUT2D eigenvalue weighted by Crippen LogP contribution is -2.26. The van der Waals surface area contributed by atoms with Crippen molar-refractivity contribution in [3.05, 3.63) is 70.4 Å². The molecule has 0 saturated carbocycles. The Hall–Kier alpha value is -4.08. The molecular formula is C26H23F2N5O3. The zero-order valence-electron chi connectivity index (χ0n) is 19.6. The highest BCUT2D eigenvalue weighted by Crippen LogP contribution is 2.32. The number of aryl methyl sites for hydroxylation is 1. The van der Waals surface area contributed by atoms with Gasteiger partial charge in [0.2, 0.25) is 5.88 Å². The van der Waals surface area contributed by atoms with Crippen LogP contribution in [0.3, 0.4) is 0 Å². The quantitative estimate of drug-likeness (QED) is 0.421. The van der Waals surface area contributed by atoms with Crippen LogP contribution < -0.4 is 19.9 Å². The average Bonchev–Trinajstić information content (AvgIpc) is 3.54. The summed E-state index contributed by atoms with van der Waals surface area (Å²) in [6, 6.07) is 8.55. The Morgan fingerprint density at radius 1 is 1.08 bits per heavy atom. The van der Waals surface area contributed by atoms with Gasteiger partial charge in [-0.1, -0.05) is 0 Å². The highest BCUT2D eigenvalue weighted by atomic mass is 19.1. The predicted octanol–water partition coefficient (Wildman–Crippen LogP) is 3.74.